The molecule has 2 amide bonds. The number of hydrogen-bond donors (Lipinski definition) is 1. The molecule has 1 aromatic rings. The number of likely N-dealkylation sites (tertiary alicyclic amines) is 1. The number of hydrogen-bond acceptors (Lipinski definition) is 5. The molecular weight excluding hydrogens is 390 g/mol. The largest absolute Gasteiger partial charge is 0.371 e. The van der Waals surface area contributed by atoms with Crippen LogP contribution < -0.4 is 10.2 Å². The molecule has 1 saturated carbocycles. The van der Waals surface area contributed by atoms with Gasteiger partial charge >= 0.3 is 0 Å². The second kappa shape index (κ2) is 7.97. The van der Waals surface area contributed by atoms with E-state index in [2.05, 4.69) is 10.2 Å². The predicted molar refractivity (Wildman–Crippen MR) is 113 cm³/mol. The number of sulfone groups is 1. The summed E-state index contributed by atoms with van der Waals surface area (Å²) in [6.07, 6.45) is 6.32. The van der Waals surface area contributed by atoms with E-state index in [1.807, 2.05) is 6.07 Å². The molecule has 158 valence electrons. The molecule has 1 aromatic carbocycles. The number of rotatable bonds is 5. The van der Waals surface area contributed by atoms with Crippen LogP contribution in [-0.4, -0.2) is 62.8 Å². The van der Waals surface area contributed by atoms with Gasteiger partial charge in [0.15, 0.2) is 0 Å². The van der Waals surface area contributed by atoms with Crippen LogP contribution in [0.15, 0.2) is 18.2 Å². The van der Waals surface area contributed by atoms with Crippen molar-refractivity contribution in [1.29, 1.82) is 0 Å². The molecule has 8 heteroatoms. The zero-order valence-electron chi connectivity index (χ0n) is 16.9. The number of amides is 2. The number of benzene rings is 1. The molecule has 0 bridgehead atoms. The second-order valence-corrected chi connectivity index (χ2v) is 10.8. The zero-order valence-corrected chi connectivity index (χ0v) is 17.7. The lowest BCUT2D eigenvalue weighted by atomic mass is 10.1. The molecule has 7 nitrogen and oxygen atoms in total. The Kier molecular flexibility index (Phi) is 5.55. The fraction of sp³-hybridized carbons (Fsp3) is 0.619. The van der Waals surface area contributed by atoms with Gasteiger partial charge in [-0.25, -0.2) is 8.42 Å². The Morgan fingerprint density at radius 3 is 2.24 bits per heavy atom. The van der Waals surface area contributed by atoms with Crippen LogP contribution >= 0.6 is 0 Å². The second-order valence-electron chi connectivity index (χ2n) is 8.51. The van der Waals surface area contributed by atoms with Gasteiger partial charge in [0.05, 0.1) is 16.5 Å². The van der Waals surface area contributed by atoms with Crippen molar-refractivity contribution in [1.82, 2.24) is 4.90 Å². The van der Waals surface area contributed by atoms with Gasteiger partial charge in [0, 0.05) is 44.0 Å². The van der Waals surface area contributed by atoms with Crippen LogP contribution in [-0.2, 0) is 14.6 Å². The van der Waals surface area contributed by atoms with Crippen LogP contribution in [0.25, 0.3) is 0 Å². The number of anilines is 2. The van der Waals surface area contributed by atoms with Gasteiger partial charge in [-0.1, -0.05) is 0 Å². The first-order chi connectivity index (χ1) is 13.8. The molecule has 1 N–H and O–H groups in total. The van der Waals surface area contributed by atoms with Crippen molar-refractivity contribution in [2.24, 2.45) is 5.92 Å². The standard InChI is InChI=1S/C21H29N3O4S/c1-29(27,28)17-8-12-24(13-9-17)21(26)18-7-6-16(22-20(25)15-4-5-15)14-19(18)23-10-2-3-11-23/h6-7,14-15,17H,2-5,8-13H2,1H3,(H,22,25). The molecule has 0 spiro atoms. The summed E-state index contributed by atoms with van der Waals surface area (Å²) in [5, 5.41) is 2.62. The smallest absolute Gasteiger partial charge is 0.255 e. The summed E-state index contributed by atoms with van der Waals surface area (Å²) in [6, 6.07) is 5.53. The normalized spacial score (nSPS) is 20.7. The van der Waals surface area contributed by atoms with Crippen LogP contribution in [0.3, 0.4) is 0 Å². The van der Waals surface area contributed by atoms with E-state index >= 15 is 0 Å². The Balaban J connectivity index is 1.53. The third kappa shape index (κ3) is 4.57. The number of nitrogens with zero attached hydrogens (tertiary/aromatic N) is 2. The van der Waals surface area contributed by atoms with E-state index in [-0.39, 0.29) is 23.0 Å². The van der Waals surface area contributed by atoms with E-state index in [9.17, 15) is 18.0 Å². The lowest BCUT2D eigenvalue weighted by Gasteiger charge is -2.32. The van der Waals surface area contributed by atoms with Crippen molar-refractivity contribution in [3.63, 3.8) is 0 Å². The first-order valence-electron chi connectivity index (χ1n) is 10.5. The average Bonchev–Trinajstić information content (AvgIpc) is 3.41. The molecule has 2 saturated heterocycles. The summed E-state index contributed by atoms with van der Waals surface area (Å²) in [5.41, 5.74) is 2.23. The molecule has 29 heavy (non-hydrogen) atoms. The van der Waals surface area contributed by atoms with Crippen molar-refractivity contribution in [3.8, 4) is 0 Å². The van der Waals surface area contributed by atoms with Crippen LogP contribution in [0.1, 0.15) is 48.9 Å². The molecule has 0 radical (unpaired) electrons. The highest BCUT2D eigenvalue weighted by atomic mass is 32.2. The lowest BCUT2D eigenvalue weighted by Crippen LogP contribution is -2.42. The highest BCUT2D eigenvalue weighted by Gasteiger charge is 2.32. The minimum atomic E-state index is -3.07. The van der Waals surface area contributed by atoms with E-state index in [1.165, 1.54) is 6.26 Å². The summed E-state index contributed by atoms with van der Waals surface area (Å²) in [5.74, 6) is 0.126. The molecule has 2 aliphatic heterocycles. The van der Waals surface area contributed by atoms with Gasteiger partial charge in [-0.2, -0.15) is 0 Å². The number of piperidine rings is 1. The summed E-state index contributed by atoms with van der Waals surface area (Å²) in [4.78, 5) is 29.4. The fourth-order valence-corrected chi connectivity index (χ4v) is 5.32. The molecule has 2 heterocycles. The number of carbonyl (C=O) groups excluding carboxylic acids is 2. The fourth-order valence-electron chi connectivity index (χ4n) is 4.26. The molecule has 1 aliphatic carbocycles. The van der Waals surface area contributed by atoms with Crippen molar-refractivity contribution in [3.05, 3.63) is 23.8 Å². The first-order valence-corrected chi connectivity index (χ1v) is 12.5. The Morgan fingerprint density at radius 1 is 1.00 bits per heavy atom. The van der Waals surface area contributed by atoms with E-state index in [1.54, 1.807) is 17.0 Å². The highest BCUT2D eigenvalue weighted by Crippen LogP contribution is 2.33. The first kappa shape index (κ1) is 20.2. The minimum absolute atomic E-state index is 0.0549. The van der Waals surface area contributed by atoms with Gasteiger partial charge in [-0.15, -0.1) is 0 Å². The lowest BCUT2D eigenvalue weighted by molar-refractivity contribution is -0.117. The van der Waals surface area contributed by atoms with E-state index < -0.39 is 9.84 Å². The average molecular weight is 420 g/mol. The SMILES string of the molecule is CS(=O)(=O)C1CCN(C(=O)c2ccc(NC(=O)C3CC3)cc2N2CCCC2)CC1. The quantitative estimate of drug-likeness (QED) is 0.791. The molecule has 0 unspecified atom stereocenters. The summed E-state index contributed by atoms with van der Waals surface area (Å²) in [7, 11) is -3.07. The number of carbonyl (C=O) groups is 2. The maximum Gasteiger partial charge on any atom is 0.255 e. The van der Waals surface area contributed by atoms with Crippen LogP contribution in [0, 0.1) is 5.92 Å². The van der Waals surface area contributed by atoms with E-state index in [4.69, 9.17) is 0 Å². The molecular formula is C21H29N3O4S. The van der Waals surface area contributed by atoms with Gasteiger partial charge in [-0.3, -0.25) is 9.59 Å². The third-order valence-electron chi connectivity index (χ3n) is 6.23. The Labute approximate surface area is 172 Å². The van der Waals surface area contributed by atoms with Gasteiger partial charge in [-0.05, 0) is 56.7 Å². The molecule has 4 rings (SSSR count). The predicted octanol–water partition coefficient (Wildman–Crippen LogP) is 2.28. The monoisotopic (exact) mass is 419 g/mol. The number of nitrogens with one attached hydrogen (secondary N) is 1. The Bertz CT molecular complexity index is 897. The topological polar surface area (TPSA) is 86.8 Å². The van der Waals surface area contributed by atoms with Crippen molar-refractivity contribution in [2.75, 3.05) is 42.7 Å². The van der Waals surface area contributed by atoms with Gasteiger partial charge in [0.1, 0.15) is 9.84 Å². The van der Waals surface area contributed by atoms with Gasteiger partial charge in [0.2, 0.25) is 5.91 Å². The van der Waals surface area contributed by atoms with Crippen LogP contribution in [0.2, 0.25) is 0 Å². The summed E-state index contributed by atoms with van der Waals surface area (Å²) >= 11 is 0. The van der Waals surface area contributed by atoms with Gasteiger partial charge < -0.3 is 15.1 Å². The molecule has 3 aliphatic rings. The maximum absolute atomic E-state index is 13.2. The summed E-state index contributed by atoms with van der Waals surface area (Å²) < 4.78 is 23.6. The zero-order chi connectivity index (χ0) is 20.6. The molecule has 3 fully saturated rings. The Morgan fingerprint density at radius 2 is 1.66 bits per heavy atom. The molecule has 0 aromatic heterocycles. The van der Waals surface area contributed by atoms with Crippen molar-refractivity contribution in [2.45, 2.75) is 43.8 Å². The third-order valence-corrected chi connectivity index (χ3v) is 7.91. The maximum atomic E-state index is 13.2. The van der Waals surface area contributed by atoms with Crippen LogP contribution in [0.4, 0.5) is 11.4 Å². The van der Waals surface area contributed by atoms with E-state index in [0.29, 0.717) is 31.5 Å². The minimum Gasteiger partial charge on any atom is -0.371 e. The van der Waals surface area contributed by atoms with Gasteiger partial charge in [0.25, 0.3) is 5.91 Å². The van der Waals surface area contributed by atoms with Crippen LogP contribution in [0.5, 0.6) is 0 Å². The summed E-state index contributed by atoms with van der Waals surface area (Å²) in [6.45, 7) is 2.71. The van der Waals surface area contributed by atoms with Crippen molar-refractivity contribution < 1.29 is 18.0 Å². The van der Waals surface area contributed by atoms with E-state index in [0.717, 1.165) is 50.1 Å². The molecule has 0 atom stereocenters. The van der Waals surface area contributed by atoms with Crippen molar-refractivity contribution >= 4 is 33.0 Å². The highest BCUT2D eigenvalue weighted by molar-refractivity contribution is 7.91. The Hall–Kier alpha value is -2.09.